The van der Waals surface area contributed by atoms with Crippen LogP contribution in [0.25, 0.3) is 0 Å². The first-order valence-electron chi connectivity index (χ1n) is 7.52. The molecule has 0 aliphatic heterocycles. The van der Waals surface area contributed by atoms with Gasteiger partial charge in [0.25, 0.3) is 0 Å². The van der Waals surface area contributed by atoms with Gasteiger partial charge in [-0.15, -0.1) is 0 Å². The number of carbonyl (C=O) groups excluding carboxylic acids is 1. The highest BCUT2D eigenvalue weighted by Crippen LogP contribution is 2.28. The van der Waals surface area contributed by atoms with Gasteiger partial charge in [0.2, 0.25) is 5.91 Å². The van der Waals surface area contributed by atoms with Gasteiger partial charge < -0.3 is 11.1 Å². The summed E-state index contributed by atoms with van der Waals surface area (Å²) in [5.74, 6) is 0.548. The fourth-order valence-corrected chi connectivity index (χ4v) is 3.31. The van der Waals surface area contributed by atoms with Crippen LogP contribution in [-0.4, -0.2) is 37.0 Å². The lowest BCUT2D eigenvalue weighted by molar-refractivity contribution is -0.122. The van der Waals surface area contributed by atoms with Crippen LogP contribution in [-0.2, 0) is 11.3 Å². The molecule has 1 saturated carbocycles. The van der Waals surface area contributed by atoms with E-state index in [4.69, 9.17) is 17.3 Å². The molecule has 1 aliphatic carbocycles. The van der Waals surface area contributed by atoms with Crippen molar-refractivity contribution < 1.29 is 4.79 Å². The molecule has 0 spiro atoms. The third-order valence-corrected chi connectivity index (χ3v) is 4.68. The molecule has 1 aromatic carbocycles. The number of likely N-dealkylation sites (N-methyl/N-ethyl adjacent to an activating group) is 1. The molecule has 0 radical (unpaired) electrons. The fraction of sp³-hybridized carbons (Fsp3) is 0.562. The number of carbonyl (C=O) groups is 1. The maximum atomic E-state index is 12.1. The Morgan fingerprint density at radius 3 is 2.90 bits per heavy atom. The molecular weight excluding hydrogens is 286 g/mol. The molecular formula is C16H24ClN3O. The first-order chi connectivity index (χ1) is 10.1. The Morgan fingerprint density at radius 2 is 2.19 bits per heavy atom. The number of amides is 1. The van der Waals surface area contributed by atoms with Crippen LogP contribution in [0, 0.1) is 5.92 Å². The van der Waals surface area contributed by atoms with Crippen molar-refractivity contribution in [2.45, 2.75) is 31.8 Å². The highest BCUT2D eigenvalue weighted by Gasteiger charge is 2.29. The van der Waals surface area contributed by atoms with Gasteiger partial charge in [0.15, 0.2) is 0 Å². The highest BCUT2D eigenvalue weighted by atomic mass is 35.5. The molecule has 4 nitrogen and oxygen atoms in total. The molecule has 0 saturated heterocycles. The van der Waals surface area contributed by atoms with E-state index in [9.17, 15) is 4.79 Å². The van der Waals surface area contributed by atoms with E-state index >= 15 is 0 Å². The number of rotatable bonds is 6. The van der Waals surface area contributed by atoms with E-state index in [-0.39, 0.29) is 5.91 Å². The zero-order valence-electron chi connectivity index (χ0n) is 12.5. The number of nitrogens with zero attached hydrogens (tertiary/aromatic N) is 1. The van der Waals surface area contributed by atoms with Crippen molar-refractivity contribution >= 4 is 17.5 Å². The lowest BCUT2D eigenvalue weighted by Crippen LogP contribution is -2.43. The molecule has 2 rings (SSSR count). The van der Waals surface area contributed by atoms with Gasteiger partial charge >= 0.3 is 0 Å². The van der Waals surface area contributed by atoms with Crippen LogP contribution < -0.4 is 11.1 Å². The Hall–Kier alpha value is -1.10. The fourth-order valence-electron chi connectivity index (χ4n) is 3.11. The lowest BCUT2D eigenvalue weighted by Gasteiger charge is -2.28. The quantitative estimate of drug-likeness (QED) is 0.845. The van der Waals surface area contributed by atoms with Gasteiger partial charge in [0.05, 0.1) is 6.54 Å². The minimum Gasteiger partial charge on any atom is -0.351 e. The van der Waals surface area contributed by atoms with Crippen LogP contribution in [0.1, 0.15) is 24.8 Å². The van der Waals surface area contributed by atoms with Gasteiger partial charge in [0, 0.05) is 17.6 Å². The summed E-state index contributed by atoms with van der Waals surface area (Å²) in [5.41, 5.74) is 6.74. The lowest BCUT2D eigenvalue weighted by atomic mass is 10.0. The van der Waals surface area contributed by atoms with E-state index in [1.54, 1.807) is 0 Å². The van der Waals surface area contributed by atoms with Crippen molar-refractivity contribution in [2.24, 2.45) is 11.7 Å². The second kappa shape index (κ2) is 7.78. The zero-order chi connectivity index (χ0) is 15.2. The van der Waals surface area contributed by atoms with E-state index in [0.717, 1.165) is 12.0 Å². The number of nitrogens with one attached hydrogen (secondary N) is 1. The number of hydrogen-bond donors (Lipinski definition) is 2. The average molecular weight is 310 g/mol. The third-order valence-electron chi connectivity index (χ3n) is 4.31. The molecule has 3 N–H and O–H groups in total. The van der Waals surface area contributed by atoms with Crippen molar-refractivity contribution in [3.8, 4) is 0 Å². The van der Waals surface area contributed by atoms with Crippen LogP contribution >= 0.6 is 11.6 Å². The summed E-state index contributed by atoms with van der Waals surface area (Å²) in [4.78, 5) is 14.2. The van der Waals surface area contributed by atoms with Crippen molar-refractivity contribution in [3.05, 3.63) is 34.9 Å². The summed E-state index contributed by atoms with van der Waals surface area (Å²) in [5, 5.41) is 3.62. The minimum absolute atomic E-state index is 0.0279. The summed E-state index contributed by atoms with van der Waals surface area (Å²) >= 11 is 6.08. The molecule has 2 unspecified atom stereocenters. The van der Waals surface area contributed by atoms with Gasteiger partial charge in [0.1, 0.15) is 0 Å². The van der Waals surface area contributed by atoms with Crippen LogP contribution in [0.5, 0.6) is 0 Å². The minimum atomic E-state index is 0.0279. The Morgan fingerprint density at radius 1 is 1.43 bits per heavy atom. The third kappa shape index (κ3) is 4.43. The smallest absolute Gasteiger partial charge is 0.234 e. The molecule has 2 atom stereocenters. The topological polar surface area (TPSA) is 58.4 Å². The van der Waals surface area contributed by atoms with Crippen LogP contribution in [0.4, 0.5) is 0 Å². The largest absolute Gasteiger partial charge is 0.351 e. The summed E-state index contributed by atoms with van der Waals surface area (Å²) in [6, 6.07) is 7.99. The maximum absolute atomic E-state index is 12.1. The van der Waals surface area contributed by atoms with Crippen molar-refractivity contribution in [3.63, 3.8) is 0 Å². The molecule has 1 amide bonds. The van der Waals surface area contributed by atoms with Gasteiger partial charge in [-0.25, -0.2) is 0 Å². The normalized spacial score (nSPS) is 21.7. The Kier molecular flexibility index (Phi) is 6.03. The zero-order valence-corrected chi connectivity index (χ0v) is 13.3. The molecule has 0 bridgehead atoms. The van der Waals surface area contributed by atoms with Gasteiger partial charge in [-0.05, 0) is 44.0 Å². The van der Waals surface area contributed by atoms with Crippen LogP contribution in [0.2, 0.25) is 5.02 Å². The van der Waals surface area contributed by atoms with E-state index in [1.807, 2.05) is 31.3 Å². The molecule has 0 aromatic heterocycles. The van der Waals surface area contributed by atoms with E-state index in [1.165, 1.54) is 12.8 Å². The first-order valence-corrected chi connectivity index (χ1v) is 7.90. The van der Waals surface area contributed by atoms with Gasteiger partial charge in [-0.1, -0.05) is 36.2 Å². The van der Waals surface area contributed by atoms with Gasteiger partial charge in [-0.2, -0.15) is 0 Å². The first kappa shape index (κ1) is 16.3. The second-order valence-corrected chi connectivity index (χ2v) is 6.18. The predicted molar refractivity (Wildman–Crippen MR) is 86.1 cm³/mol. The Balaban J connectivity index is 1.80. The van der Waals surface area contributed by atoms with Crippen LogP contribution in [0.15, 0.2) is 24.3 Å². The van der Waals surface area contributed by atoms with Crippen molar-refractivity contribution in [1.29, 1.82) is 0 Å². The maximum Gasteiger partial charge on any atom is 0.234 e. The number of halogens is 1. The van der Waals surface area contributed by atoms with Crippen molar-refractivity contribution in [1.82, 2.24) is 10.2 Å². The van der Waals surface area contributed by atoms with Crippen molar-refractivity contribution in [2.75, 3.05) is 20.1 Å². The highest BCUT2D eigenvalue weighted by molar-refractivity contribution is 6.31. The summed E-state index contributed by atoms with van der Waals surface area (Å²) in [6.45, 7) is 1.58. The molecule has 116 valence electrons. The van der Waals surface area contributed by atoms with E-state index in [0.29, 0.717) is 36.6 Å². The number of benzene rings is 1. The average Bonchev–Trinajstić information content (AvgIpc) is 2.95. The molecule has 0 heterocycles. The molecule has 1 fully saturated rings. The molecule has 1 aliphatic rings. The molecule has 21 heavy (non-hydrogen) atoms. The predicted octanol–water partition coefficient (Wildman–Crippen LogP) is 2.02. The Bertz CT molecular complexity index is 480. The standard InChI is InChI=1S/C16H24ClN3O/c1-20(15-8-4-6-12(15)9-18)11-16(21)19-10-13-5-2-3-7-14(13)17/h2-3,5,7,12,15H,4,6,8-11,18H2,1H3,(H,19,21). The Labute approximate surface area is 131 Å². The van der Waals surface area contributed by atoms with E-state index in [2.05, 4.69) is 10.2 Å². The summed E-state index contributed by atoms with van der Waals surface area (Å²) < 4.78 is 0. The molecule has 1 aromatic rings. The van der Waals surface area contributed by atoms with Gasteiger partial charge in [-0.3, -0.25) is 9.69 Å². The monoisotopic (exact) mass is 309 g/mol. The number of nitrogens with two attached hydrogens (primary N) is 1. The molecule has 5 heteroatoms. The number of hydrogen-bond acceptors (Lipinski definition) is 3. The SMILES string of the molecule is CN(CC(=O)NCc1ccccc1Cl)C1CCCC1CN. The van der Waals surface area contributed by atoms with E-state index < -0.39 is 0 Å². The summed E-state index contributed by atoms with van der Waals surface area (Å²) in [7, 11) is 2.01. The second-order valence-electron chi connectivity index (χ2n) is 5.78. The summed E-state index contributed by atoms with van der Waals surface area (Å²) in [6.07, 6.45) is 3.51. The van der Waals surface area contributed by atoms with Crippen LogP contribution in [0.3, 0.4) is 0 Å².